The summed E-state index contributed by atoms with van der Waals surface area (Å²) in [6.07, 6.45) is 2.43. The fraction of sp³-hybridized carbons (Fsp3) is 0.800. The van der Waals surface area contributed by atoms with Crippen molar-refractivity contribution in [3.8, 4) is 0 Å². The molecule has 35 valence electrons. The van der Waals surface area contributed by atoms with E-state index in [1.807, 2.05) is 0 Å². The van der Waals surface area contributed by atoms with Crippen LogP contribution >= 0.6 is 0 Å². The lowest BCUT2D eigenvalue weighted by atomic mass is 10.3. The first-order valence-electron chi connectivity index (χ1n) is 2.45. The van der Waals surface area contributed by atoms with E-state index in [0.717, 1.165) is 5.92 Å². The summed E-state index contributed by atoms with van der Waals surface area (Å²) in [4.78, 5) is 0. The van der Waals surface area contributed by atoms with Crippen LogP contribution in [0.5, 0.6) is 0 Å². The van der Waals surface area contributed by atoms with Crippen LogP contribution in [-0.2, 0) is 0 Å². The van der Waals surface area contributed by atoms with E-state index in [9.17, 15) is 0 Å². The lowest BCUT2D eigenvalue weighted by molar-refractivity contribution is 0.802. The van der Waals surface area contributed by atoms with Gasteiger partial charge in [-0.05, 0) is 12.3 Å². The number of hydrogen-bond acceptors (Lipinski definition) is 1. The zero-order valence-corrected chi connectivity index (χ0v) is 4.07. The maximum atomic E-state index is 5.39. The van der Waals surface area contributed by atoms with Gasteiger partial charge in [-0.2, -0.15) is 0 Å². The van der Waals surface area contributed by atoms with E-state index >= 15 is 0 Å². The molecular formula is C5H10N. The molecule has 6 heavy (non-hydrogen) atoms. The average molecular weight is 84.1 g/mol. The third-order valence-electron chi connectivity index (χ3n) is 1.34. The van der Waals surface area contributed by atoms with E-state index in [1.54, 1.807) is 0 Å². The molecule has 1 rings (SSSR count). The molecule has 0 bridgehead atoms. The Kier molecular flexibility index (Phi) is 0.845. The Balaban J connectivity index is 2.09. The Morgan fingerprint density at radius 2 is 2.50 bits per heavy atom. The van der Waals surface area contributed by atoms with Gasteiger partial charge in [0.2, 0.25) is 0 Å². The van der Waals surface area contributed by atoms with Crippen molar-refractivity contribution in [1.82, 2.24) is 0 Å². The quantitative estimate of drug-likeness (QED) is 0.502. The second kappa shape index (κ2) is 1.23. The fourth-order valence-corrected chi connectivity index (χ4v) is 0.632. The molecule has 1 radical (unpaired) electrons. The van der Waals surface area contributed by atoms with Gasteiger partial charge in [0, 0.05) is 6.04 Å². The summed E-state index contributed by atoms with van der Waals surface area (Å²) in [5, 5.41) is 0. The molecule has 0 spiro atoms. The molecule has 1 atom stereocenters. The third kappa shape index (κ3) is 0.548. The van der Waals surface area contributed by atoms with Gasteiger partial charge in [0.1, 0.15) is 0 Å². The molecule has 0 amide bonds. The van der Waals surface area contributed by atoms with Crippen molar-refractivity contribution < 1.29 is 0 Å². The molecule has 1 saturated carbocycles. The van der Waals surface area contributed by atoms with E-state index in [-0.39, 0.29) is 0 Å². The van der Waals surface area contributed by atoms with Crippen LogP contribution in [-0.4, -0.2) is 0 Å². The van der Waals surface area contributed by atoms with Crippen molar-refractivity contribution in [3.63, 3.8) is 0 Å². The van der Waals surface area contributed by atoms with E-state index in [1.165, 1.54) is 18.9 Å². The molecule has 1 nitrogen and oxygen atoms in total. The third-order valence-corrected chi connectivity index (χ3v) is 1.34. The van der Waals surface area contributed by atoms with Crippen LogP contribution in [0.4, 0.5) is 0 Å². The van der Waals surface area contributed by atoms with Gasteiger partial charge in [-0.1, -0.05) is 13.3 Å². The summed E-state index contributed by atoms with van der Waals surface area (Å²) in [6.45, 7) is 2.17. The Bertz CT molecular complexity index is 49.9. The fourth-order valence-electron chi connectivity index (χ4n) is 0.632. The maximum absolute atomic E-state index is 5.39. The van der Waals surface area contributed by atoms with Gasteiger partial charge in [-0.15, -0.1) is 0 Å². The highest BCUT2D eigenvalue weighted by Gasteiger charge is 2.31. The Morgan fingerprint density at radius 1 is 2.00 bits per heavy atom. The first kappa shape index (κ1) is 4.13. The van der Waals surface area contributed by atoms with Gasteiger partial charge in [-0.3, -0.25) is 0 Å². The average Bonchev–Trinajstić information content (AvgIpc) is 2.19. The van der Waals surface area contributed by atoms with Crippen molar-refractivity contribution >= 4 is 0 Å². The molecule has 0 saturated heterocycles. The molecular weight excluding hydrogens is 74.1 g/mol. The topological polar surface area (TPSA) is 26.0 Å². The first-order chi connectivity index (χ1) is 2.84. The van der Waals surface area contributed by atoms with Crippen LogP contribution in [0.2, 0.25) is 0 Å². The van der Waals surface area contributed by atoms with Crippen molar-refractivity contribution in [1.29, 1.82) is 0 Å². The zero-order chi connectivity index (χ0) is 4.57. The SMILES string of the molecule is CCC1C[C]1N. The standard InChI is InChI=1S/C5H10N/c1-2-4-3-5(4)6/h4H,2-3,6H2,1H3. The van der Waals surface area contributed by atoms with Crippen LogP contribution in [0.15, 0.2) is 0 Å². The van der Waals surface area contributed by atoms with Crippen LogP contribution in [0, 0.1) is 12.0 Å². The monoisotopic (exact) mass is 84.1 g/mol. The van der Waals surface area contributed by atoms with Gasteiger partial charge in [0.15, 0.2) is 0 Å². The van der Waals surface area contributed by atoms with Gasteiger partial charge in [0.25, 0.3) is 0 Å². The molecule has 1 aliphatic rings. The highest BCUT2D eigenvalue weighted by Crippen LogP contribution is 2.37. The summed E-state index contributed by atoms with van der Waals surface area (Å²) < 4.78 is 0. The predicted molar refractivity (Wildman–Crippen MR) is 25.8 cm³/mol. The lowest BCUT2D eigenvalue weighted by Crippen LogP contribution is -1.89. The van der Waals surface area contributed by atoms with E-state index in [0.29, 0.717) is 0 Å². The molecule has 1 unspecified atom stereocenters. The Labute approximate surface area is 38.5 Å². The summed E-state index contributed by atoms with van der Waals surface area (Å²) in [7, 11) is 0. The molecule has 2 N–H and O–H groups in total. The molecule has 1 heteroatoms. The summed E-state index contributed by atoms with van der Waals surface area (Å²) in [6, 6.07) is 1.21. The van der Waals surface area contributed by atoms with Crippen LogP contribution in [0.3, 0.4) is 0 Å². The molecule has 0 aromatic carbocycles. The first-order valence-corrected chi connectivity index (χ1v) is 2.45. The smallest absolute Gasteiger partial charge is 0.0372 e. The number of rotatable bonds is 1. The molecule has 0 aromatic rings. The van der Waals surface area contributed by atoms with E-state index < -0.39 is 0 Å². The number of hydrogen-bond donors (Lipinski definition) is 1. The van der Waals surface area contributed by atoms with Gasteiger partial charge < -0.3 is 5.73 Å². The van der Waals surface area contributed by atoms with Crippen molar-refractivity contribution in [2.75, 3.05) is 0 Å². The van der Waals surface area contributed by atoms with Crippen LogP contribution in [0.25, 0.3) is 0 Å². The summed E-state index contributed by atoms with van der Waals surface area (Å²) in [5.41, 5.74) is 5.39. The van der Waals surface area contributed by atoms with E-state index in [4.69, 9.17) is 5.73 Å². The second-order valence-corrected chi connectivity index (χ2v) is 1.88. The molecule has 0 aliphatic heterocycles. The van der Waals surface area contributed by atoms with Gasteiger partial charge in [0.05, 0.1) is 0 Å². The molecule has 0 heterocycles. The molecule has 0 aromatic heterocycles. The highest BCUT2D eigenvalue weighted by molar-refractivity contribution is 5.07. The van der Waals surface area contributed by atoms with Gasteiger partial charge in [-0.25, -0.2) is 0 Å². The van der Waals surface area contributed by atoms with Crippen LogP contribution in [0.1, 0.15) is 19.8 Å². The Morgan fingerprint density at radius 3 is 2.50 bits per heavy atom. The van der Waals surface area contributed by atoms with Gasteiger partial charge >= 0.3 is 0 Å². The van der Waals surface area contributed by atoms with Crippen molar-refractivity contribution in [2.45, 2.75) is 19.8 Å². The maximum Gasteiger partial charge on any atom is 0.0372 e. The molecule has 1 aliphatic carbocycles. The predicted octanol–water partition coefficient (Wildman–Crippen LogP) is 0.907. The largest absolute Gasteiger partial charge is 0.323 e. The second-order valence-electron chi connectivity index (χ2n) is 1.88. The minimum absolute atomic E-state index is 0.796. The lowest BCUT2D eigenvalue weighted by Gasteiger charge is -1.78. The zero-order valence-electron chi connectivity index (χ0n) is 4.07. The summed E-state index contributed by atoms with van der Waals surface area (Å²) >= 11 is 0. The normalized spacial score (nSPS) is 34.0. The van der Waals surface area contributed by atoms with Crippen LogP contribution < -0.4 is 5.73 Å². The minimum Gasteiger partial charge on any atom is -0.323 e. The minimum atomic E-state index is 0.796. The molecule has 1 fully saturated rings. The highest BCUT2D eigenvalue weighted by atomic mass is 14.7. The number of nitrogens with two attached hydrogens (primary N) is 1. The van der Waals surface area contributed by atoms with E-state index in [2.05, 4.69) is 6.92 Å². The van der Waals surface area contributed by atoms with Crippen molar-refractivity contribution in [3.05, 3.63) is 6.04 Å². The summed E-state index contributed by atoms with van der Waals surface area (Å²) in [5.74, 6) is 0.796. The Hall–Kier alpha value is -0.0400. The van der Waals surface area contributed by atoms with Crippen molar-refractivity contribution in [2.24, 2.45) is 11.7 Å².